The zero-order valence-corrected chi connectivity index (χ0v) is 14.8. The second-order valence-electron chi connectivity index (χ2n) is 5.16. The summed E-state index contributed by atoms with van der Waals surface area (Å²) in [6.07, 6.45) is 0. The van der Waals surface area contributed by atoms with E-state index in [-0.39, 0.29) is 5.91 Å². The quantitative estimate of drug-likeness (QED) is 0.702. The van der Waals surface area contributed by atoms with Gasteiger partial charge in [-0.2, -0.15) is 5.10 Å². The van der Waals surface area contributed by atoms with Gasteiger partial charge in [-0.1, -0.05) is 0 Å². The highest BCUT2D eigenvalue weighted by Crippen LogP contribution is 2.38. The molecule has 8 nitrogen and oxygen atoms in total. The Hall–Kier alpha value is -3.03. The summed E-state index contributed by atoms with van der Waals surface area (Å²) in [5.74, 6) is 1.73. The Kier molecular flexibility index (Phi) is 6.39. The summed E-state index contributed by atoms with van der Waals surface area (Å²) in [6, 6.07) is 6.91. The summed E-state index contributed by atoms with van der Waals surface area (Å²) in [5, 5.41) is 13.9. The van der Waals surface area contributed by atoms with Gasteiger partial charge in [0.05, 0.1) is 27.0 Å². The fourth-order valence-electron chi connectivity index (χ4n) is 2.17. The number of ether oxygens (including phenoxy) is 3. The fraction of sp³-hybridized carbons (Fsp3) is 0.353. The van der Waals surface area contributed by atoms with Crippen molar-refractivity contribution in [2.75, 3.05) is 39.7 Å². The number of carbonyl (C=O) groups is 1. The van der Waals surface area contributed by atoms with Crippen LogP contribution in [0.15, 0.2) is 24.3 Å². The van der Waals surface area contributed by atoms with Gasteiger partial charge in [0.25, 0.3) is 5.91 Å². The van der Waals surface area contributed by atoms with Gasteiger partial charge in [-0.25, -0.2) is 0 Å². The molecular formula is C17H22N4O4. The molecule has 0 aliphatic carbocycles. The van der Waals surface area contributed by atoms with Gasteiger partial charge >= 0.3 is 0 Å². The van der Waals surface area contributed by atoms with Crippen molar-refractivity contribution in [3.63, 3.8) is 0 Å². The van der Waals surface area contributed by atoms with Crippen LogP contribution in [0, 0.1) is 6.92 Å². The third kappa shape index (κ3) is 4.72. The Balaban J connectivity index is 1.95. The van der Waals surface area contributed by atoms with Crippen molar-refractivity contribution in [1.29, 1.82) is 0 Å². The minimum absolute atomic E-state index is 0.240. The number of aryl methyl sites for hydroxylation is 1. The highest BCUT2D eigenvalue weighted by molar-refractivity contribution is 5.95. The fourth-order valence-corrected chi connectivity index (χ4v) is 2.17. The number of amides is 1. The molecule has 0 radical (unpaired) electrons. The van der Waals surface area contributed by atoms with Gasteiger partial charge in [0.1, 0.15) is 5.82 Å². The lowest BCUT2D eigenvalue weighted by molar-refractivity contribution is 0.0954. The molecule has 0 saturated carbocycles. The number of carbonyl (C=O) groups excluding carboxylic acids is 1. The summed E-state index contributed by atoms with van der Waals surface area (Å²) in [6.45, 7) is 2.81. The summed E-state index contributed by atoms with van der Waals surface area (Å²) < 4.78 is 15.7. The predicted molar refractivity (Wildman–Crippen MR) is 93.7 cm³/mol. The topological polar surface area (TPSA) is 94.6 Å². The second kappa shape index (κ2) is 8.72. The van der Waals surface area contributed by atoms with Crippen LogP contribution < -0.4 is 24.8 Å². The van der Waals surface area contributed by atoms with Crippen LogP contribution in [0.25, 0.3) is 0 Å². The zero-order chi connectivity index (χ0) is 18.2. The van der Waals surface area contributed by atoms with Crippen molar-refractivity contribution in [2.24, 2.45) is 0 Å². The number of aromatic nitrogens is 2. The normalized spacial score (nSPS) is 10.1. The Morgan fingerprint density at radius 2 is 1.68 bits per heavy atom. The molecule has 2 rings (SSSR count). The molecule has 0 bridgehead atoms. The molecule has 2 aromatic rings. The lowest BCUT2D eigenvalue weighted by atomic mass is 10.1. The van der Waals surface area contributed by atoms with Gasteiger partial charge in [0.15, 0.2) is 11.5 Å². The van der Waals surface area contributed by atoms with Crippen molar-refractivity contribution in [2.45, 2.75) is 6.92 Å². The van der Waals surface area contributed by atoms with Gasteiger partial charge in [-0.3, -0.25) is 4.79 Å². The Morgan fingerprint density at radius 1 is 1.00 bits per heavy atom. The van der Waals surface area contributed by atoms with E-state index in [0.29, 0.717) is 41.7 Å². The number of anilines is 1. The van der Waals surface area contributed by atoms with E-state index in [1.165, 1.54) is 21.3 Å². The van der Waals surface area contributed by atoms with Gasteiger partial charge in [-0.15, -0.1) is 5.10 Å². The third-order valence-corrected chi connectivity index (χ3v) is 3.44. The number of nitrogens with one attached hydrogen (secondary N) is 2. The first-order valence-corrected chi connectivity index (χ1v) is 7.71. The molecule has 1 aromatic heterocycles. The average molecular weight is 346 g/mol. The maximum atomic E-state index is 12.3. The molecule has 25 heavy (non-hydrogen) atoms. The predicted octanol–water partition coefficient (Wildman–Crippen LogP) is 1.65. The molecule has 1 heterocycles. The number of hydrogen-bond acceptors (Lipinski definition) is 7. The van der Waals surface area contributed by atoms with Crippen LogP contribution in [-0.4, -0.2) is 50.5 Å². The molecule has 0 aliphatic heterocycles. The van der Waals surface area contributed by atoms with Crippen molar-refractivity contribution in [1.82, 2.24) is 15.5 Å². The molecule has 1 amide bonds. The summed E-state index contributed by atoms with van der Waals surface area (Å²) in [5.41, 5.74) is 1.27. The van der Waals surface area contributed by atoms with E-state index in [4.69, 9.17) is 14.2 Å². The van der Waals surface area contributed by atoms with Crippen LogP contribution in [0.2, 0.25) is 0 Å². The standard InChI is InChI=1S/C17H22N4O4/c1-11-5-6-15(21-20-11)18-7-8-19-17(22)12-9-13(23-2)16(25-4)14(10-12)24-3/h5-6,9-10H,7-8H2,1-4H3,(H,18,21)(H,19,22). The molecule has 0 aliphatic rings. The van der Waals surface area contributed by atoms with Crippen molar-refractivity contribution >= 4 is 11.7 Å². The monoisotopic (exact) mass is 346 g/mol. The number of benzene rings is 1. The van der Waals surface area contributed by atoms with Crippen LogP contribution in [0.1, 0.15) is 16.1 Å². The van der Waals surface area contributed by atoms with Crippen LogP contribution >= 0.6 is 0 Å². The Morgan fingerprint density at radius 3 is 2.20 bits per heavy atom. The van der Waals surface area contributed by atoms with Crippen molar-refractivity contribution in [3.8, 4) is 17.2 Å². The van der Waals surface area contributed by atoms with E-state index in [9.17, 15) is 4.79 Å². The molecule has 8 heteroatoms. The molecule has 0 fully saturated rings. The number of nitrogens with zero attached hydrogens (tertiary/aromatic N) is 2. The van der Waals surface area contributed by atoms with Crippen molar-refractivity contribution < 1.29 is 19.0 Å². The van der Waals surface area contributed by atoms with Gasteiger partial charge in [0.2, 0.25) is 5.75 Å². The lowest BCUT2D eigenvalue weighted by Crippen LogP contribution is -2.29. The average Bonchev–Trinajstić information content (AvgIpc) is 2.65. The summed E-state index contributed by atoms with van der Waals surface area (Å²) in [7, 11) is 4.52. The first kappa shape index (κ1) is 18.3. The lowest BCUT2D eigenvalue weighted by Gasteiger charge is -2.14. The SMILES string of the molecule is COc1cc(C(=O)NCCNc2ccc(C)nn2)cc(OC)c1OC. The second-order valence-corrected chi connectivity index (χ2v) is 5.16. The highest BCUT2D eigenvalue weighted by atomic mass is 16.5. The maximum absolute atomic E-state index is 12.3. The van der Waals surface area contributed by atoms with Crippen LogP contribution in [0.4, 0.5) is 5.82 Å². The minimum atomic E-state index is -0.240. The molecule has 1 aromatic carbocycles. The minimum Gasteiger partial charge on any atom is -0.493 e. The van der Waals surface area contributed by atoms with Crippen LogP contribution in [0.5, 0.6) is 17.2 Å². The Labute approximate surface area is 146 Å². The van der Waals surface area contributed by atoms with Crippen LogP contribution in [0.3, 0.4) is 0 Å². The number of methoxy groups -OCH3 is 3. The zero-order valence-electron chi connectivity index (χ0n) is 14.8. The smallest absolute Gasteiger partial charge is 0.251 e. The molecular weight excluding hydrogens is 324 g/mol. The van der Waals surface area contributed by atoms with Crippen molar-refractivity contribution in [3.05, 3.63) is 35.5 Å². The number of rotatable bonds is 8. The van der Waals surface area contributed by atoms with Gasteiger partial charge in [-0.05, 0) is 31.2 Å². The molecule has 0 atom stereocenters. The van der Waals surface area contributed by atoms with E-state index in [2.05, 4.69) is 20.8 Å². The summed E-state index contributed by atoms with van der Waals surface area (Å²) >= 11 is 0. The van der Waals surface area contributed by atoms with E-state index >= 15 is 0 Å². The molecule has 0 saturated heterocycles. The van der Waals surface area contributed by atoms with E-state index in [1.54, 1.807) is 12.1 Å². The number of hydrogen-bond donors (Lipinski definition) is 2. The highest BCUT2D eigenvalue weighted by Gasteiger charge is 2.16. The Bertz CT molecular complexity index is 694. The maximum Gasteiger partial charge on any atom is 0.251 e. The molecule has 0 spiro atoms. The van der Waals surface area contributed by atoms with E-state index < -0.39 is 0 Å². The molecule has 0 unspecified atom stereocenters. The van der Waals surface area contributed by atoms with Gasteiger partial charge in [0, 0.05) is 18.7 Å². The summed E-state index contributed by atoms with van der Waals surface area (Å²) in [4.78, 5) is 12.3. The first-order valence-electron chi connectivity index (χ1n) is 7.71. The largest absolute Gasteiger partial charge is 0.493 e. The first-order chi connectivity index (χ1) is 12.1. The molecule has 2 N–H and O–H groups in total. The third-order valence-electron chi connectivity index (χ3n) is 3.44. The van der Waals surface area contributed by atoms with E-state index in [0.717, 1.165) is 5.69 Å². The van der Waals surface area contributed by atoms with E-state index in [1.807, 2.05) is 19.1 Å². The van der Waals surface area contributed by atoms with Crippen LogP contribution in [-0.2, 0) is 0 Å². The molecule has 134 valence electrons. The van der Waals surface area contributed by atoms with Gasteiger partial charge < -0.3 is 24.8 Å².